The van der Waals surface area contributed by atoms with Gasteiger partial charge in [-0.2, -0.15) is 0 Å². The van der Waals surface area contributed by atoms with E-state index < -0.39 is 5.82 Å². The first-order chi connectivity index (χ1) is 12.1. The van der Waals surface area contributed by atoms with E-state index in [4.69, 9.17) is 11.6 Å². The third-order valence-corrected chi connectivity index (χ3v) is 4.79. The van der Waals surface area contributed by atoms with Crippen molar-refractivity contribution in [3.8, 4) is 0 Å². The average molecular weight is 361 g/mol. The Morgan fingerprint density at radius 2 is 1.72 bits per heavy atom. The highest BCUT2D eigenvalue weighted by atomic mass is 35.5. The molecule has 0 aliphatic carbocycles. The maximum atomic E-state index is 13.2. The molecule has 3 nitrogen and oxygen atoms in total. The van der Waals surface area contributed by atoms with Gasteiger partial charge in [0.05, 0.1) is 5.02 Å². The second-order valence-corrected chi connectivity index (χ2v) is 6.88. The van der Waals surface area contributed by atoms with Crippen molar-refractivity contribution < 1.29 is 9.18 Å². The number of nitrogens with one attached hydrogen (secondary N) is 1. The molecule has 3 rings (SSSR count). The van der Waals surface area contributed by atoms with Gasteiger partial charge in [-0.25, -0.2) is 4.39 Å². The Bertz CT molecular complexity index is 725. The first-order valence-corrected chi connectivity index (χ1v) is 9.07. The van der Waals surface area contributed by atoms with Crippen LogP contribution in [-0.4, -0.2) is 23.9 Å². The monoisotopic (exact) mass is 360 g/mol. The highest BCUT2D eigenvalue weighted by molar-refractivity contribution is 6.31. The summed E-state index contributed by atoms with van der Waals surface area (Å²) < 4.78 is 13.2. The van der Waals surface area contributed by atoms with Gasteiger partial charge >= 0.3 is 0 Å². The van der Waals surface area contributed by atoms with E-state index in [0.717, 1.165) is 19.6 Å². The molecule has 0 aromatic heterocycles. The van der Waals surface area contributed by atoms with Gasteiger partial charge in [-0.15, -0.1) is 0 Å². The lowest BCUT2D eigenvalue weighted by Crippen LogP contribution is -2.24. The van der Waals surface area contributed by atoms with E-state index in [-0.39, 0.29) is 10.9 Å². The minimum Gasteiger partial charge on any atom is -0.322 e. The second-order valence-electron chi connectivity index (χ2n) is 6.47. The summed E-state index contributed by atoms with van der Waals surface area (Å²) in [5.74, 6) is -0.735. The van der Waals surface area contributed by atoms with Crippen molar-refractivity contribution in [2.45, 2.75) is 32.2 Å². The lowest BCUT2D eigenvalue weighted by molar-refractivity contribution is 0.102. The van der Waals surface area contributed by atoms with Gasteiger partial charge in [0.15, 0.2) is 0 Å². The molecule has 0 bridgehead atoms. The molecule has 1 fully saturated rings. The molecule has 2 aromatic carbocycles. The number of carbonyl (C=O) groups excluding carboxylic acids is 1. The number of hydrogen-bond donors (Lipinski definition) is 1. The fraction of sp³-hybridized carbons (Fsp3) is 0.350. The van der Waals surface area contributed by atoms with E-state index in [0.29, 0.717) is 11.3 Å². The summed E-state index contributed by atoms with van der Waals surface area (Å²) in [6.07, 6.45) is 5.17. The standard InChI is InChI=1S/C20H22ClFN2O/c21-18-13-17(9-10-19(18)22)23-20(25)16-7-5-15(6-8-16)14-24-11-3-1-2-4-12-24/h5-10,13H,1-4,11-12,14H2,(H,23,25). The Hall–Kier alpha value is -1.91. The zero-order chi connectivity index (χ0) is 17.6. The summed E-state index contributed by atoms with van der Waals surface area (Å²) in [6, 6.07) is 11.8. The minimum absolute atomic E-state index is 0.00871. The number of halogens is 2. The Morgan fingerprint density at radius 3 is 2.36 bits per heavy atom. The SMILES string of the molecule is O=C(Nc1ccc(F)c(Cl)c1)c1ccc(CN2CCCCCC2)cc1. The van der Waals surface area contributed by atoms with Gasteiger partial charge in [0.1, 0.15) is 5.82 Å². The molecule has 1 saturated heterocycles. The zero-order valence-electron chi connectivity index (χ0n) is 14.1. The first kappa shape index (κ1) is 17.9. The van der Waals surface area contributed by atoms with Crippen LogP contribution in [0.4, 0.5) is 10.1 Å². The van der Waals surface area contributed by atoms with Crippen LogP contribution in [0.15, 0.2) is 42.5 Å². The molecule has 2 aromatic rings. The third-order valence-electron chi connectivity index (χ3n) is 4.50. The first-order valence-electron chi connectivity index (χ1n) is 8.69. The molecule has 5 heteroatoms. The second kappa shape index (κ2) is 8.45. The predicted molar refractivity (Wildman–Crippen MR) is 99.6 cm³/mol. The number of likely N-dealkylation sites (tertiary alicyclic amines) is 1. The van der Waals surface area contributed by atoms with Gasteiger partial charge in [0.25, 0.3) is 5.91 Å². The molecule has 0 saturated carbocycles. The molecule has 0 atom stereocenters. The Morgan fingerprint density at radius 1 is 1.04 bits per heavy atom. The van der Waals surface area contributed by atoms with E-state index in [1.165, 1.54) is 49.4 Å². The molecule has 1 aliphatic heterocycles. The number of carbonyl (C=O) groups is 1. The number of rotatable bonds is 4. The van der Waals surface area contributed by atoms with Crippen molar-refractivity contribution in [3.63, 3.8) is 0 Å². The van der Waals surface area contributed by atoms with Gasteiger partial charge in [-0.3, -0.25) is 9.69 Å². The van der Waals surface area contributed by atoms with Crippen molar-refractivity contribution in [2.24, 2.45) is 0 Å². The van der Waals surface area contributed by atoms with E-state index in [2.05, 4.69) is 10.2 Å². The van der Waals surface area contributed by atoms with Crippen molar-refractivity contribution in [3.05, 3.63) is 64.4 Å². The van der Waals surface area contributed by atoms with E-state index in [1.54, 1.807) is 0 Å². The molecule has 1 amide bonds. The van der Waals surface area contributed by atoms with Crippen molar-refractivity contribution in [1.82, 2.24) is 4.90 Å². The molecule has 1 heterocycles. The number of hydrogen-bond acceptors (Lipinski definition) is 2. The highest BCUT2D eigenvalue weighted by Crippen LogP contribution is 2.20. The fourth-order valence-corrected chi connectivity index (χ4v) is 3.27. The summed E-state index contributed by atoms with van der Waals surface area (Å²) in [6.45, 7) is 3.22. The number of benzene rings is 2. The Kier molecular flexibility index (Phi) is 6.05. The smallest absolute Gasteiger partial charge is 0.255 e. The molecule has 25 heavy (non-hydrogen) atoms. The van der Waals surface area contributed by atoms with E-state index >= 15 is 0 Å². The van der Waals surface area contributed by atoms with Crippen LogP contribution >= 0.6 is 11.6 Å². The lowest BCUT2D eigenvalue weighted by Gasteiger charge is -2.19. The zero-order valence-corrected chi connectivity index (χ0v) is 14.9. The van der Waals surface area contributed by atoms with Crippen LogP contribution in [0.5, 0.6) is 0 Å². The Labute approximate surface area is 152 Å². The highest BCUT2D eigenvalue weighted by Gasteiger charge is 2.11. The van der Waals surface area contributed by atoms with Crippen molar-refractivity contribution in [2.75, 3.05) is 18.4 Å². The maximum absolute atomic E-state index is 13.2. The predicted octanol–water partition coefficient (Wildman–Crippen LogP) is 5.11. The molecule has 0 spiro atoms. The van der Waals surface area contributed by atoms with Gasteiger partial charge in [-0.05, 0) is 61.8 Å². The quantitative estimate of drug-likeness (QED) is 0.821. The van der Waals surface area contributed by atoms with Crippen LogP contribution in [0.1, 0.15) is 41.6 Å². The lowest BCUT2D eigenvalue weighted by atomic mass is 10.1. The van der Waals surface area contributed by atoms with Crippen LogP contribution in [0.3, 0.4) is 0 Å². The van der Waals surface area contributed by atoms with Gasteiger partial charge in [0.2, 0.25) is 0 Å². The molecular weight excluding hydrogens is 339 g/mol. The van der Waals surface area contributed by atoms with E-state index in [1.807, 2.05) is 24.3 Å². The van der Waals surface area contributed by atoms with Crippen molar-refractivity contribution >= 4 is 23.2 Å². The summed E-state index contributed by atoms with van der Waals surface area (Å²) in [4.78, 5) is 14.8. The van der Waals surface area contributed by atoms with Gasteiger partial charge in [-0.1, -0.05) is 36.6 Å². The molecule has 0 unspecified atom stereocenters. The van der Waals surface area contributed by atoms with Crippen LogP contribution in [0.25, 0.3) is 0 Å². The normalized spacial score (nSPS) is 15.6. The summed E-state index contributed by atoms with van der Waals surface area (Å²) in [5.41, 5.74) is 2.26. The molecule has 132 valence electrons. The summed E-state index contributed by atoms with van der Waals surface area (Å²) in [7, 11) is 0. The third kappa shape index (κ3) is 5.03. The molecular formula is C20H22ClFN2O. The van der Waals surface area contributed by atoms with Crippen LogP contribution in [0.2, 0.25) is 5.02 Å². The molecule has 1 aliphatic rings. The largest absolute Gasteiger partial charge is 0.322 e. The fourth-order valence-electron chi connectivity index (χ4n) is 3.09. The number of anilines is 1. The van der Waals surface area contributed by atoms with Gasteiger partial charge in [0, 0.05) is 17.8 Å². The number of amides is 1. The topological polar surface area (TPSA) is 32.3 Å². The molecule has 0 radical (unpaired) electrons. The van der Waals surface area contributed by atoms with E-state index in [9.17, 15) is 9.18 Å². The maximum Gasteiger partial charge on any atom is 0.255 e. The average Bonchev–Trinajstić information content (AvgIpc) is 2.87. The molecule has 1 N–H and O–H groups in total. The summed E-state index contributed by atoms with van der Waals surface area (Å²) >= 11 is 5.74. The van der Waals surface area contributed by atoms with Gasteiger partial charge < -0.3 is 5.32 Å². The van der Waals surface area contributed by atoms with Crippen LogP contribution in [0, 0.1) is 5.82 Å². The van der Waals surface area contributed by atoms with Crippen LogP contribution < -0.4 is 5.32 Å². The minimum atomic E-state index is -0.502. The summed E-state index contributed by atoms with van der Waals surface area (Å²) in [5, 5.41) is 2.73. The van der Waals surface area contributed by atoms with Crippen molar-refractivity contribution in [1.29, 1.82) is 0 Å². The number of nitrogens with zero attached hydrogens (tertiary/aromatic N) is 1. The van der Waals surface area contributed by atoms with Crippen LogP contribution in [-0.2, 0) is 6.54 Å². The Balaban J connectivity index is 1.60.